The molecule has 2 unspecified atom stereocenters. The molecule has 2 atom stereocenters. The summed E-state index contributed by atoms with van der Waals surface area (Å²) >= 11 is -2.42. The van der Waals surface area contributed by atoms with E-state index in [0.29, 0.717) is 6.79 Å². The van der Waals surface area contributed by atoms with Crippen molar-refractivity contribution in [1.82, 2.24) is 0 Å². The fourth-order valence-corrected chi connectivity index (χ4v) is 13.1. The van der Waals surface area contributed by atoms with Crippen molar-refractivity contribution in [3.8, 4) is 0 Å². The fourth-order valence-electron chi connectivity index (χ4n) is 0.632. The minimum atomic E-state index is -1.02. The molecule has 0 radical (unpaired) electrons. The summed E-state index contributed by atoms with van der Waals surface area (Å²) in [6, 6.07) is 0. The second-order valence-corrected chi connectivity index (χ2v) is 34.0. The second-order valence-electron chi connectivity index (χ2n) is 3.26. The van der Waals surface area contributed by atoms with Crippen LogP contribution in [0.4, 0.5) is 0 Å². The fraction of sp³-hybridized carbons (Fsp3) is 1.00. The van der Waals surface area contributed by atoms with Crippen LogP contribution >= 0.6 is 40.1 Å². The van der Waals surface area contributed by atoms with Crippen molar-refractivity contribution in [3.05, 3.63) is 0 Å². The molecule has 0 bridgehead atoms. The van der Waals surface area contributed by atoms with Crippen LogP contribution in [0.2, 0.25) is 22.8 Å². The Morgan fingerprint density at radius 2 is 1.00 bits per heavy atom. The van der Waals surface area contributed by atoms with Crippen LogP contribution in [0, 0.1) is 0 Å². The molecule has 0 aromatic rings. The van der Waals surface area contributed by atoms with Gasteiger partial charge in [-0.3, -0.25) is 0 Å². The van der Waals surface area contributed by atoms with Crippen LogP contribution < -0.4 is 0 Å². The maximum absolute atomic E-state index is 5.04. The SMILES string of the molecule is C[As]1OCO1.C[As]1OCS1.C[As]1OCS1.C[As]1SCS1. The third-order valence-electron chi connectivity index (χ3n) is 1.88. The van der Waals surface area contributed by atoms with Gasteiger partial charge in [-0.15, -0.1) is 0 Å². The summed E-state index contributed by atoms with van der Waals surface area (Å²) in [5.41, 5.74) is 8.78. The van der Waals surface area contributed by atoms with Crippen molar-refractivity contribution >= 4 is 95.4 Å². The van der Waals surface area contributed by atoms with E-state index >= 15 is 0 Å². The summed E-state index contributed by atoms with van der Waals surface area (Å²) in [7, 11) is 8.31. The van der Waals surface area contributed by atoms with Gasteiger partial charge in [-0.2, -0.15) is 0 Å². The monoisotopic (exact) mass is 608 g/mol. The van der Waals surface area contributed by atoms with Gasteiger partial charge in [-0.1, -0.05) is 0 Å². The summed E-state index contributed by atoms with van der Waals surface area (Å²) in [5, 5.41) is 1.39. The normalized spacial score (nSPS) is 31.2. The van der Waals surface area contributed by atoms with E-state index in [9.17, 15) is 0 Å². The Morgan fingerprint density at radius 3 is 1.00 bits per heavy atom. The topological polar surface area (TPSA) is 36.9 Å². The van der Waals surface area contributed by atoms with Crippen LogP contribution in [-0.2, 0) is 14.9 Å². The molecule has 4 heterocycles. The molecule has 4 aliphatic rings. The van der Waals surface area contributed by atoms with E-state index < -0.39 is 43.0 Å². The molecule has 0 amide bonds. The van der Waals surface area contributed by atoms with Gasteiger partial charge in [0.15, 0.2) is 0 Å². The zero-order valence-electron chi connectivity index (χ0n) is 11.9. The Bertz CT molecular complexity index is 195. The third-order valence-corrected chi connectivity index (χ3v) is 28.3. The van der Waals surface area contributed by atoms with Crippen LogP contribution in [-0.4, -0.2) is 79.1 Å². The van der Waals surface area contributed by atoms with Gasteiger partial charge < -0.3 is 0 Å². The first-order valence-electron chi connectivity index (χ1n) is 5.56. The number of rotatable bonds is 0. The average molecular weight is 608 g/mol. The molecule has 0 saturated carbocycles. The molecule has 0 aromatic carbocycles. The van der Waals surface area contributed by atoms with Gasteiger partial charge in [-0.25, -0.2) is 0 Å². The standard InChI is InChI=1S/C2H5AsO2.2C2H5AsOS.C2H5AsS2/c4*1-3-4-2-5-3/h4*2H2,1H3. The van der Waals surface area contributed by atoms with Gasteiger partial charge in [0.1, 0.15) is 0 Å². The van der Waals surface area contributed by atoms with E-state index in [1.807, 2.05) is 25.8 Å². The van der Waals surface area contributed by atoms with Gasteiger partial charge in [0.05, 0.1) is 0 Å². The van der Waals surface area contributed by atoms with Gasteiger partial charge >= 0.3 is 157 Å². The van der Waals surface area contributed by atoms with E-state index in [2.05, 4.69) is 37.2 Å². The summed E-state index contributed by atoms with van der Waals surface area (Å²) in [5.74, 6) is 1.94. The predicted octanol–water partition coefficient (Wildman–Crippen LogP) is 3.30. The van der Waals surface area contributed by atoms with Gasteiger partial charge in [0, 0.05) is 0 Å². The van der Waals surface area contributed by atoms with Gasteiger partial charge in [0.25, 0.3) is 0 Å². The Morgan fingerprint density at radius 1 is 0.700 bits per heavy atom. The van der Waals surface area contributed by atoms with Crippen molar-refractivity contribution < 1.29 is 14.9 Å². The molecule has 0 aliphatic carbocycles. The summed E-state index contributed by atoms with van der Waals surface area (Å²) in [6.45, 7) is 0.552. The summed E-state index contributed by atoms with van der Waals surface area (Å²) in [4.78, 5) is 0. The molecule has 0 spiro atoms. The van der Waals surface area contributed by atoms with Crippen molar-refractivity contribution in [1.29, 1.82) is 0 Å². The zero-order chi connectivity index (χ0) is 14.8. The molecular formula is C8H20As4O4S4. The van der Waals surface area contributed by atoms with E-state index in [1.54, 1.807) is 0 Å². The molecule has 4 aliphatic heterocycles. The molecule has 120 valence electrons. The van der Waals surface area contributed by atoms with Crippen LogP contribution in [0.1, 0.15) is 0 Å². The molecule has 4 nitrogen and oxygen atoms in total. The number of hydrogen-bond acceptors (Lipinski definition) is 8. The van der Waals surface area contributed by atoms with Crippen molar-refractivity contribution in [2.45, 2.75) is 22.8 Å². The Balaban J connectivity index is 0.000000133. The van der Waals surface area contributed by atoms with E-state index in [1.165, 1.54) is 5.08 Å². The summed E-state index contributed by atoms with van der Waals surface area (Å²) < 4.78 is 19.8. The second kappa shape index (κ2) is 13.7. The average Bonchev–Trinajstić information content (AvgIpc) is 2.31. The molecule has 4 saturated heterocycles. The summed E-state index contributed by atoms with van der Waals surface area (Å²) in [6.07, 6.45) is 0. The van der Waals surface area contributed by atoms with Crippen molar-refractivity contribution in [3.63, 3.8) is 0 Å². The third kappa shape index (κ3) is 11.9. The molecule has 4 fully saturated rings. The molecule has 4 rings (SSSR count). The van der Waals surface area contributed by atoms with Gasteiger partial charge in [-0.05, 0) is 0 Å². The Hall–Kier alpha value is 3.47. The van der Waals surface area contributed by atoms with E-state index in [0.717, 1.165) is 11.9 Å². The van der Waals surface area contributed by atoms with Crippen molar-refractivity contribution in [2.24, 2.45) is 0 Å². The predicted molar refractivity (Wildman–Crippen MR) is 101 cm³/mol. The Kier molecular flexibility index (Phi) is 14.8. The molecule has 0 N–H and O–H groups in total. The first-order valence-corrected chi connectivity index (χ1v) is 29.1. The quantitative estimate of drug-likeness (QED) is 0.389. The van der Waals surface area contributed by atoms with Crippen LogP contribution in [0.25, 0.3) is 0 Å². The van der Waals surface area contributed by atoms with Crippen LogP contribution in [0.3, 0.4) is 0 Å². The minimum absolute atomic E-state index is 0.188. The molecule has 20 heavy (non-hydrogen) atoms. The van der Waals surface area contributed by atoms with Crippen LogP contribution in [0.15, 0.2) is 0 Å². The Labute approximate surface area is 155 Å². The maximum atomic E-state index is 5.04. The van der Waals surface area contributed by atoms with E-state index in [4.69, 9.17) is 14.9 Å². The van der Waals surface area contributed by atoms with Crippen LogP contribution in [0.5, 0.6) is 0 Å². The first-order chi connectivity index (χ1) is 9.58. The van der Waals surface area contributed by atoms with E-state index in [-0.39, 0.29) is 12.3 Å². The van der Waals surface area contributed by atoms with Crippen molar-refractivity contribution in [2.75, 3.05) is 23.8 Å². The molecule has 12 heteroatoms. The van der Waals surface area contributed by atoms with Gasteiger partial charge in [0.2, 0.25) is 0 Å². The molecule has 0 aromatic heterocycles. The first kappa shape index (κ1) is 21.5. The molecular weight excluding hydrogens is 588 g/mol. The zero-order valence-corrected chi connectivity index (χ0v) is 22.7. The number of hydrogen-bond donors (Lipinski definition) is 0.